The van der Waals surface area contributed by atoms with Gasteiger partial charge < -0.3 is 102 Å². The topological polar surface area (TPSA) is 543 Å². The molecule has 11 amide bonds. The molecule has 0 aliphatic heterocycles. The van der Waals surface area contributed by atoms with Gasteiger partial charge in [0.1, 0.15) is 54.4 Å². The molecule has 0 fully saturated rings. The van der Waals surface area contributed by atoms with Crippen LogP contribution in [0.15, 0.2) is 35.3 Å². The number of benzene rings is 1. The number of aliphatic hydroxyl groups is 4. The van der Waals surface area contributed by atoms with Gasteiger partial charge in [-0.1, -0.05) is 106 Å². The monoisotopic (exact) mass is 1280 g/mol. The third kappa shape index (κ3) is 28.6. The molecule has 1 aromatic carbocycles. The van der Waals surface area contributed by atoms with E-state index in [1.807, 2.05) is 33.0 Å². The van der Waals surface area contributed by atoms with E-state index >= 15 is 0 Å². The Balaban J connectivity index is 3.64. The Bertz CT molecular complexity index is 2590. The predicted octanol–water partition coefficient (Wildman–Crippen LogP) is -5.41. The molecular weight excluding hydrogens is 1180 g/mol. The van der Waals surface area contributed by atoms with Crippen molar-refractivity contribution in [2.45, 2.75) is 200 Å². The molecule has 2 unspecified atom stereocenters. The lowest BCUT2D eigenvalue weighted by molar-refractivity contribution is -0.145. The number of rotatable bonds is 41. The summed E-state index contributed by atoms with van der Waals surface area (Å²) in [5, 5.41) is 75.1. The molecule has 32 heteroatoms. The summed E-state index contributed by atoms with van der Waals surface area (Å²) in [5.41, 5.74) is 22.9. The Morgan fingerprint density at radius 2 is 0.978 bits per heavy atom. The van der Waals surface area contributed by atoms with E-state index in [2.05, 4.69) is 47.5 Å². The van der Waals surface area contributed by atoms with Crippen molar-refractivity contribution >= 4 is 76.9 Å². The Morgan fingerprint density at radius 3 is 1.46 bits per heavy atom. The second kappa shape index (κ2) is 39.8. The van der Waals surface area contributed by atoms with Crippen LogP contribution in [0.2, 0.25) is 0 Å². The molecule has 0 aliphatic carbocycles. The van der Waals surface area contributed by atoms with E-state index in [-0.39, 0.29) is 68.8 Å². The summed E-state index contributed by atoms with van der Waals surface area (Å²) in [7, 11) is 0. The number of carboxylic acids is 1. The average molecular weight is 1280 g/mol. The van der Waals surface area contributed by atoms with E-state index in [1.165, 1.54) is 0 Å². The molecule has 0 saturated heterocycles. The minimum absolute atomic E-state index is 0.0409. The highest BCUT2D eigenvalue weighted by Crippen LogP contribution is 2.16. The van der Waals surface area contributed by atoms with Crippen molar-refractivity contribution in [1.82, 2.24) is 53.2 Å². The number of guanidine groups is 1. The highest BCUT2D eigenvalue weighted by molar-refractivity contribution is 6.00. The van der Waals surface area contributed by atoms with Crippen LogP contribution in [0.3, 0.4) is 0 Å². The van der Waals surface area contributed by atoms with Crippen LogP contribution in [0.4, 0.5) is 0 Å². The molecule has 0 bridgehead atoms. The quantitative estimate of drug-likeness (QED) is 0.0165. The van der Waals surface area contributed by atoms with Gasteiger partial charge in [0.25, 0.3) is 0 Å². The number of carbonyl (C=O) groups is 12. The van der Waals surface area contributed by atoms with E-state index in [0.717, 1.165) is 6.92 Å². The number of hydrogen-bond acceptors (Lipinski definition) is 18. The first kappa shape index (κ1) is 79.9. The molecular formula is C58H99N15O17. The molecule has 1 aromatic rings. The lowest BCUT2D eigenvalue weighted by Gasteiger charge is -2.31. The van der Waals surface area contributed by atoms with Crippen molar-refractivity contribution < 1.29 is 83.1 Å². The average Bonchev–Trinajstić information content (AvgIpc) is 1.14. The fourth-order valence-corrected chi connectivity index (χ4v) is 8.89. The van der Waals surface area contributed by atoms with Gasteiger partial charge in [-0.3, -0.25) is 57.7 Å². The van der Waals surface area contributed by atoms with Gasteiger partial charge in [0, 0.05) is 13.0 Å². The van der Waals surface area contributed by atoms with E-state index in [9.17, 15) is 83.1 Å². The van der Waals surface area contributed by atoms with E-state index in [1.54, 1.807) is 77.2 Å². The van der Waals surface area contributed by atoms with Crippen LogP contribution in [0.25, 0.3) is 0 Å². The van der Waals surface area contributed by atoms with Gasteiger partial charge in [-0.25, -0.2) is 4.79 Å². The number of nitrogens with one attached hydrogen (secondary N) is 10. The minimum atomic E-state index is -2.43. The Kier molecular flexibility index (Phi) is 35.4. The lowest BCUT2D eigenvalue weighted by Crippen LogP contribution is -2.63. The van der Waals surface area contributed by atoms with Crippen molar-refractivity contribution in [3.8, 4) is 0 Å². The Morgan fingerprint density at radius 1 is 0.522 bits per heavy atom. The maximum atomic E-state index is 14.6. The molecule has 1 rings (SSSR count). The van der Waals surface area contributed by atoms with Gasteiger partial charge in [0.2, 0.25) is 65.0 Å². The van der Waals surface area contributed by atoms with Gasteiger partial charge >= 0.3 is 5.97 Å². The number of nitrogens with zero attached hydrogens (tertiary/aromatic N) is 1. The molecule has 0 spiro atoms. The van der Waals surface area contributed by atoms with Crippen LogP contribution in [-0.2, 0) is 64.0 Å². The number of hydrogen-bond donors (Lipinski definition) is 19. The molecule has 90 heavy (non-hydrogen) atoms. The van der Waals surface area contributed by atoms with Gasteiger partial charge in [-0.15, -0.1) is 0 Å². The zero-order valence-electron chi connectivity index (χ0n) is 53.2. The van der Waals surface area contributed by atoms with Crippen LogP contribution in [0.5, 0.6) is 0 Å². The number of aliphatic carboxylic acids is 1. The SMILES string of the molecule is CC[C@H](C)C(NC(=O)[C@@H](CCCN=C(N)N)NC(=O)[C@H](CC(C)C)NC(=O)[C@@H](NC(=O)C(Cc1ccccc1)NC(=O)[C@H](CC(C)C)NC(=O)[C@H](N)CC(C)C)[C@H](O)C(C)C)C(=O)N[C@H](C(=O)NCC(=O)N[C@H](C(=O)N[C@@H](CO)C(=O)O)[C@H](O)C(N)=O)[C@H](C)O. The van der Waals surface area contributed by atoms with Gasteiger partial charge in [0.05, 0.1) is 31.4 Å². The molecule has 0 saturated carbocycles. The van der Waals surface area contributed by atoms with Crippen LogP contribution in [0, 0.1) is 29.6 Å². The largest absolute Gasteiger partial charge is 0.480 e. The normalized spacial score (nSPS) is 16.0. The summed E-state index contributed by atoms with van der Waals surface area (Å²) in [4.78, 5) is 166. The molecule has 508 valence electrons. The number of carbonyl (C=O) groups excluding carboxylic acids is 11. The van der Waals surface area contributed by atoms with Crippen molar-refractivity contribution in [3.63, 3.8) is 0 Å². The number of amides is 11. The molecule has 0 aromatic heterocycles. The van der Waals surface area contributed by atoms with Crippen molar-refractivity contribution in [2.75, 3.05) is 19.7 Å². The Labute approximate surface area is 524 Å². The zero-order valence-corrected chi connectivity index (χ0v) is 53.2. The Hall–Kier alpha value is -8.07. The fourth-order valence-electron chi connectivity index (χ4n) is 8.89. The van der Waals surface area contributed by atoms with E-state index in [4.69, 9.17) is 22.9 Å². The third-order valence-corrected chi connectivity index (χ3v) is 14.1. The number of aliphatic hydroxyl groups excluding tert-OH is 4. The molecule has 14 atom stereocenters. The molecule has 23 N–H and O–H groups in total. The summed E-state index contributed by atoms with van der Waals surface area (Å²) in [6, 6.07) is -7.05. The molecule has 0 aliphatic rings. The zero-order chi connectivity index (χ0) is 68.9. The van der Waals surface area contributed by atoms with Crippen LogP contribution >= 0.6 is 0 Å². The highest BCUT2D eigenvalue weighted by Gasteiger charge is 2.40. The second-order valence-corrected chi connectivity index (χ2v) is 23.9. The van der Waals surface area contributed by atoms with Gasteiger partial charge in [-0.2, -0.15) is 0 Å². The number of carboxylic acid groups (broad SMARTS) is 1. The highest BCUT2D eigenvalue weighted by atomic mass is 16.4. The van der Waals surface area contributed by atoms with Crippen LogP contribution < -0.4 is 76.1 Å². The fraction of sp³-hybridized carbons (Fsp3) is 0.672. The van der Waals surface area contributed by atoms with E-state index in [0.29, 0.717) is 12.0 Å². The summed E-state index contributed by atoms with van der Waals surface area (Å²) >= 11 is 0. The van der Waals surface area contributed by atoms with Crippen molar-refractivity contribution in [3.05, 3.63) is 35.9 Å². The summed E-state index contributed by atoms with van der Waals surface area (Å²) < 4.78 is 0. The minimum Gasteiger partial charge on any atom is -0.480 e. The number of primary amides is 1. The first-order chi connectivity index (χ1) is 41.9. The van der Waals surface area contributed by atoms with Crippen LogP contribution in [0.1, 0.15) is 120 Å². The first-order valence-corrected chi connectivity index (χ1v) is 30.0. The number of nitrogens with two attached hydrogens (primary N) is 4. The van der Waals surface area contributed by atoms with E-state index < -0.39 is 175 Å². The van der Waals surface area contributed by atoms with Crippen molar-refractivity contribution in [1.29, 1.82) is 0 Å². The molecule has 0 heterocycles. The summed E-state index contributed by atoms with van der Waals surface area (Å²) in [6.45, 7) is 16.2. The predicted molar refractivity (Wildman–Crippen MR) is 329 cm³/mol. The lowest BCUT2D eigenvalue weighted by atomic mass is 9.96. The standard InChI is InChI=1S/C58H99N15O17/c1-12-31(10)41(54(86)72-42(32(11)75)53(85)64-25-40(76)70-44(46(78)47(60)79)56(88)69-39(26-74)57(89)90)71-49(81)35(19-16-20-63-58(61)62)65-50(82)37(23-29(6)7)68-55(87)43(45(77)30(8)9)73-52(84)38(24-33-17-14-13-15-18-33)67-51(83)36(22-28(4)5)66-48(80)34(59)21-27(2)3/h13-15,17-18,27-32,34-39,41-46,74-75,77-78H,12,16,19-26,59H2,1-11H3,(H2,60,79)(H,64,85)(H,65,82)(H,66,80)(H,67,83)(H,68,87)(H,69,88)(H,70,76)(H,71,81)(H,72,86)(H,73,84)(H,89,90)(H4,61,62,63)/t31-,32-,34+,35+,36-,37-,38?,39-,41?,42-,43-,44-,45+,46-/m0/s1. The van der Waals surface area contributed by atoms with Crippen LogP contribution in [-0.4, -0.2) is 201 Å². The van der Waals surface area contributed by atoms with Crippen molar-refractivity contribution in [2.24, 2.45) is 57.5 Å². The van der Waals surface area contributed by atoms with Gasteiger partial charge in [0.15, 0.2) is 12.1 Å². The third-order valence-electron chi connectivity index (χ3n) is 14.1. The molecule has 32 nitrogen and oxygen atoms in total. The smallest absolute Gasteiger partial charge is 0.328 e. The summed E-state index contributed by atoms with van der Waals surface area (Å²) in [6.07, 6.45) is -5.28. The maximum absolute atomic E-state index is 14.6. The molecule has 0 radical (unpaired) electrons. The number of aliphatic imine (C=N–C) groups is 1. The second-order valence-electron chi connectivity index (χ2n) is 23.9. The maximum Gasteiger partial charge on any atom is 0.328 e. The van der Waals surface area contributed by atoms with Gasteiger partial charge in [-0.05, 0) is 74.2 Å². The first-order valence-electron chi connectivity index (χ1n) is 30.0. The summed E-state index contributed by atoms with van der Waals surface area (Å²) in [5.74, 6) is -15.3.